The minimum Gasteiger partial charge on any atom is -0.378 e. The van der Waals surface area contributed by atoms with E-state index in [1.165, 1.54) is 22.7 Å². The zero-order valence-electron chi connectivity index (χ0n) is 21.9. The van der Waals surface area contributed by atoms with Crippen LogP contribution in [0.15, 0.2) is 59.4 Å². The lowest BCUT2D eigenvalue weighted by molar-refractivity contribution is 0.122. The van der Waals surface area contributed by atoms with Gasteiger partial charge in [-0.3, -0.25) is 5.10 Å². The van der Waals surface area contributed by atoms with E-state index in [0.29, 0.717) is 22.6 Å². The lowest BCUT2D eigenvalue weighted by atomic mass is 9.93. The number of ether oxygens (including phenoxy) is 1. The first-order valence-corrected chi connectivity index (χ1v) is 14.4. The van der Waals surface area contributed by atoms with Crippen LogP contribution in [0.4, 0.5) is 11.4 Å². The van der Waals surface area contributed by atoms with Crippen molar-refractivity contribution in [3.63, 3.8) is 0 Å². The summed E-state index contributed by atoms with van der Waals surface area (Å²) < 4.78 is 5.51. The predicted octanol–water partition coefficient (Wildman–Crippen LogP) is 4.53. The average molecular weight is 549 g/mol. The predicted molar refractivity (Wildman–Crippen MR) is 159 cm³/mol. The van der Waals surface area contributed by atoms with Crippen LogP contribution >= 0.6 is 11.3 Å². The van der Waals surface area contributed by atoms with E-state index in [0.717, 1.165) is 80.3 Å². The standard InChI is InChI=1S/C30H28N8OS/c31-17-24-26(20-1-5-22(6-2-20)37-11-9-32-10-12-37)27-28(35-36-30(27)34-29(24)25-18-40-19-33-25)21-3-7-23(8-4-21)38-13-15-39-16-14-38/h1-8,18-19,32H,9-16H2,(H,34,35,36). The van der Waals surface area contributed by atoms with E-state index in [2.05, 4.69) is 84.9 Å². The number of fused-ring (bicyclic) bond motifs is 1. The molecule has 0 unspecified atom stereocenters. The second kappa shape index (κ2) is 10.7. The number of piperazine rings is 1. The number of nitrogens with one attached hydrogen (secondary N) is 2. The highest BCUT2D eigenvalue weighted by Crippen LogP contribution is 2.41. The first-order chi connectivity index (χ1) is 19.8. The molecule has 0 bridgehead atoms. The molecule has 5 heterocycles. The van der Waals surface area contributed by atoms with Gasteiger partial charge in [0.15, 0.2) is 5.65 Å². The quantitative estimate of drug-likeness (QED) is 0.330. The van der Waals surface area contributed by atoms with Crippen LogP contribution in [-0.2, 0) is 4.74 Å². The maximum Gasteiger partial charge on any atom is 0.182 e. The van der Waals surface area contributed by atoms with Crippen LogP contribution in [-0.4, -0.2) is 72.6 Å². The zero-order chi connectivity index (χ0) is 26.9. The molecule has 2 fully saturated rings. The van der Waals surface area contributed by atoms with Crippen LogP contribution in [0.1, 0.15) is 5.56 Å². The van der Waals surface area contributed by atoms with Gasteiger partial charge < -0.3 is 19.9 Å². The molecule has 200 valence electrons. The normalized spacial score (nSPS) is 15.9. The van der Waals surface area contributed by atoms with Gasteiger partial charge in [0.1, 0.15) is 17.5 Å². The van der Waals surface area contributed by atoms with Crippen molar-refractivity contribution in [3.05, 3.63) is 65.0 Å². The number of nitriles is 1. The molecule has 0 atom stereocenters. The molecule has 0 aliphatic carbocycles. The Hall–Kier alpha value is -4.30. The molecule has 2 saturated heterocycles. The number of morpholine rings is 1. The number of hydrogen-bond donors (Lipinski definition) is 2. The van der Waals surface area contributed by atoms with Gasteiger partial charge >= 0.3 is 0 Å². The number of H-pyrrole nitrogens is 1. The highest BCUT2D eigenvalue weighted by Gasteiger charge is 2.24. The Kier molecular flexibility index (Phi) is 6.61. The minimum absolute atomic E-state index is 0.501. The molecule has 2 aliphatic heterocycles. The fourth-order valence-electron chi connectivity index (χ4n) is 5.60. The molecule has 10 heteroatoms. The van der Waals surface area contributed by atoms with Crippen molar-refractivity contribution in [2.45, 2.75) is 0 Å². The summed E-state index contributed by atoms with van der Waals surface area (Å²) in [5.41, 5.74) is 10.0. The van der Waals surface area contributed by atoms with Crippen molar-refractivity contribution in [2.75, 3.05) is 62.3 Å². The molecule has 2 aliphatic rings. The van der Waals surface area contributed by atoms with Gasteiger partial charge in [-0.05, 0) is 29.8 Å². The molecule has 5 aromatic rings. The smallest absolute Gasteiger partial charge is 0.182 e. The molecule has 0 spiro atoms. The second-order valence-electron chi connectivity index (χ2n) is 9.92. The summed E-state index contributed by atoms with van der Waals surface area (Å²) in [4.78, 5) is 14.0. The highest BCUT2D eigenvalue weighted by molar-refractivity contribution is 7.07. The lowest BCUT2D eigenvalue weighted by Gasteiger charge is -2.29. The monoisotopic (exact) mass is 548 g/mol. The number of aromatic amines is 1. The molecule has 0 radical (unpaired) electrons. The molecule has 0 saturated carbocycles. The summed E-state index contributed by atoms with van der Waals surface area (Å²) in [6, 6.07) is 19.5. The van der Waals surface area contributed by atoms with Crippen LogP contribution in [0.2, 0.25) is 0 Å². The van der Waals surface area contributed by atoms with Gasteiger partial charge in [0, 0.05) is 67.2 Å². The van der Waals surface area contributed by atoms with E-state index in [1.807, 2.05) is 5.38 Å². The van der Waals surface area contributed by atoms with E-state index in [-0.39, 0.29) is 0 Å². The van der Waals surface area contributed by atoms with Crippen LogP contribution < -0.4 is 15.1 Å². The summed E-state index contributed by atoms with van der Waals surface area (Å²) >= 11 is 1.48. The van der Waals surface area contributed by atoms with Crippen LogP contribution in [0.3, 0.4) is 0 Å². The molecule has 40 heavy (non-hydrogen) atoms. The van der Waals surface area contributed by atoms with Crippen molar-refractivity contribution in [2.24, 2.45) is 0 Å². The number of pyridine rings is 1. The summed E-state index contributed by atoms with van der Waals surface area (Å²) in [6.07, 6.45) is 0. The van der Waals surface area contributed by atoms with Gasteiger partial charge in [-0.15, -0.1) is 11.3 Å². The molecule has 9 nitrogen and oxygen atoms in total. The number of rotatable bonds is 5. The Morgan fingerprint density at radius 2 is 1.55 bits per heavy atom. The second-order valence-corrected chi connectivity index (χ2v) is 10.6. The van der Waals surface area contributed by atoms with E-state index >= 15 is 0 Å². The molecular formula is C30H28N8OS. The fraction of sp³-hybridized carbons (Fsp3) is 0.267. The van der Waals surface area contributed by atoms with Gasteiger partial charge in [-0.2, -0.15) is 10.4 Å². The summed E-state index contributed by atoms with van der Waals surface area (Å²) in [5, 5.41) is 24.5. The maximum atomic E-state index is 10.5. The molecule has 2 aromatic carbocycles. The third-order valence-corrected chi connectivity index (χ3v) is 8.25. The van der Waals surface area contributed by atoms with E-state index in [4.69, 9.17) is 9.72 Å². The van der Waals surface area contributed by atoms with E-state index in [1.54, 1.807) is 5.51 Å². The Labute approximate surface area is 236 Å². The zero-order valence-corrected chi connectivity index (χ0v) is 22.7. The molecule has 7 rings (SSSR count). The summed E-state index contributed by atoms with van der Waals surface area (Å²) in [6.45, 7) is 7.16. The van der Waals surface area contributed by atoms with Crippen molar-refractivity contribution in [3.8, 4) is 39.8 Å². The van der Waals surface area contributed by atoms with Crippen molar-refractivity contribution < 1.29 is 4.74 Å². The first kappa shape index (κ1) is 24.7. The van der Waals surface area contributed by atoms with Crippen LogP contribution in [0, 0.1) is 11.3 Å². The minimum atomic E-state index is 0.501. The Morgan fingerprint density at radius 1 is 0.875 bits per heavy atom. The summed E-state index contributed by atoms with van der Waals surface area (Å²) in [7, 11) is 0. The SMILES string of the molecule is N#Cc1c(-c2cscn2)nc2n[nH]c(-c3ccc(N4CCOCC4)cc3)c2c1-c1ccc(N2CCNCC2)cc1. The topological polar surface area (TPSA) is 106 Å². The number of aromatic nitrogens is 4. The molecule has 2 N–H and O–H groups in total. The number of hydrogen-bond acceptors (Lipinski definition) is 9. The largest absolute Gasteiger partial charge is 0.378 e. The highest BCUT2D eigenvalue weighted by atomic mass is 32.1. The van der Waals surface area contributed by atoms with Crippen LogP contribution in [0.5, 0.6) is 0 Å². The summed E-state index contributed by atoms with van der Waals surface area (Å²) in [5.74, 6) is 0. The average Bonchev–Trinajstić information content (AvgIpc) is 3.72. The molecular weight excluding hydrogens is 520 g/mol. The van der Waals surface area contributed by atoms with Crippen molar-refractivity contribution >= 4 is 33.7 Å². The van der Waals surface area contributed by atoms with Crippen molar-refractivity contribution in [1.82, 2.24) is 25.5 Å². The molecule has 0 amide bonds. The fourth-order valence-corrected chi connectivity index (χ4v) is 6.14. The van der Waals surface area contributed by atoms with E-state index < -0.39 is 0 Å². The Bertz CT molecular complexity index is 1660. The van der Waals surface area contributed by atoms with Gasteiger partial charge in [0.2, 0.25) is 0 Å². The third kappa shape index (κ3) is 4.48. The lowest BCUT2D eigenvalue weighted by Crippen LogP contribution is -2.43. The first-order valence-electron chi connectivity index (χ1n) is 13.5. The van der Waals surface area contributed by atoms with Crippen LogP contribution in [0.25, 0.3) is 44.8 Å². The number of anilines is 2. The Morgan fingerprint density at radius 3 is 2.20 bits per heavy atom. The Balaban J connectivity index is 1.37. The van der Waals surface area contributed by atoms with Gasteiger partial charge in [0.25, 0.3) is 0 Å². The number of thiazole rings is 1. The maximum absolute atomic E-state index is 10.5. The van der Waals surface area contributed by atoms with Gasteiger partial charge in [-0.25, -0.2) is 9.97 Å². The van der Waals surface area contributed by atoms with Gasteiger partial charge in [0.05, 0.1) is 35.4 Å². The van der Waals surface area contributed by atoms with Crippen molar-refractivity contribution in [1.29, 1.82) is 5.26 Å². The van der Waals surface area contributed by atoms with Gasteiger partial charge in [-0.1, -0.05) is 24.3 Å². The van der Waals surface area contributed by atoms with E-state index in [9.17, 15) is 5.26 Å². The molecule has 3 aromatic heterocycles. The number of nitrogens with zero attached hydrogens (tertiary/aromatic N) is 6. The third-order valence-electron chi connectivity index (χ3n) is 7.66. The number of benzene rings is 2.